The van der Waals surface area contributed by atoms with Crippen molar-refractivity contribution in [3.63, 3.8) is 0 Å². The Balaban J connectivity index is 1.79. The van der Waals surface area contributed by atoms with Crippen molar-refractivity contribution < 1.29 is 9.47 Å². The highest BCUT2D eigenvalue weighted by molar-refractivity contribution is 4.88. The summed E-state index contributed by atoms with van der Waals surface area (Å²) in [6, 6.07) is 0. The van der Waals surface area contributed by atoms with Crippen LogP contribution in [0.4, 0.5) is 0 Å². The minimum absolute atomic E-state index is 0.0775. The van der Waals surface area contributed by atoms with Gasteiger partial charge in [-0.2, -0.15) is 0 Å². The van der Waals surface area contributed by atoms with Crippen molar-refractivity contribution in [2.75, 3.05) is 39.9 Å². The molecule has 0 spiro atoms. The Morgan fingerprint density at radius 3 is 2.72 bits per heavy atom. The molecule has 1 unspecified atom stereocenters. The Labute approximate surface area is 111 Å². The Kier molecular flexibility index (Phi) is 5.01. The molecule has 0 amide bonds. The molecular formula is C14H28N2O2. The van der Waals surface area contributed by atoms with Crippen molar-refractivity contribution in [3.8, 4) is 0 Å². The number of morpholine rings is 1. The minimum Gasteiger partial charge on any atom is -0.373 e. The molecule has 4 heteroatoms. The van der Waals surface area contributed by atoms with Crippen LogP contribution in [-0.4, -0.2) is 56.5 Å². The van der Waals surface area contributed by atoms with Gasteiger partial charge in [-0.3, -0.25) is 0 Å². The van der Waals surface area contributed by atoms with E-state index in [1.54, 1.807) is 0 Å². The van der Waals surface area contributed by atoms with Crippen LogP contribution in [0.2, 0.25) is 0 Å². The molecule has 2 N–H and O–H groups in total. The van der Waals surface area contributed by atoms with Crippen LogP contribution in [0.25, 0.3) is 0 Å². The molecule has 1 saturated heterocycles. The van der Waals surface area contributed by atoms with Gasteiger partial charge in [0.15, 0.2) is 0 Å². The quantitative estimate of drug-likeness (QED) is 0.822. The number of ether oxygens (including phenoxy) is 2. The van der Waals surface area contributed by atoms with Gasteiger partial charge in [-0.1, -0.05) is 6.92 Å². The highest BCUT2D eigenvalue weighted by atomic mass is 16.5. The molecule has 0 aromatic heterocycles. The summed E-state index contributed by atoms with van der Waals surface area (Å²) in [5.41, 5.74) is 5.87. The molecule has 1 saturated carbocycles. The van der Waals surface area contributed by atoms with E-state index in [1.807, 2.05) is 0 Å². The van der Waals surface area contributed by atoms with Crippen molar-refractivity contribution in [2.45, 2.75) is 44.3 Å². The van der Waals surface area contributed by atoms with E-state index in [0.717, 1.165) is 38.5 Å². The van der Waals surface area contributed by atoms with Gasteiger partial charge in [0.1, 0.15) is 0 Å². The van der Waals surface area contributed by atoms with Crippen LogP contribution in [0.15, 0.2) is 0 Å². The van der Waals surface area contributed by atoms with Crippen LogP contribution >= 0.6 is 0 Å². The fourth-order valence-corrected chi connectivity index (χ4v) is 2.93. The Bertz CT molecular complexity index is 252. The average molecular weight is 256 g/mol. The van der Waals surface area contributed by atoms with Gasteiger partial charge in [0.2, 0.25) is 0 Å². The van der Waals surface area contributed by atoms with Gasteiger partial charge in [0, 0.05) is 19.6 Å². The van der Waals surface area contributed by atoms with Crippen LogP contribution in [0.3, 0.4) is 0 Å². The summed E-state index contributed by atoms with van der Waals surface area (Å²) in [5, 5.41) is 0. The van der Waals surface area contributed by atoms with Crippen LogP contribution in [0, 0.1) is 5.92 Å². The predicted molar refractivity (Wildman–Crippen MR) is 72.6 cm³/mol. The zero-order valence-electron chi connectivity index (χ0n) is 11.9. The lowest BCUT2D eigenvalue weighted by Gasteiger charge is -2.40. The molecule has 1 aliphatic heterocycles. The summed E-state index contributed by atoms with van der Waals surface area (Å²) < 4.78 is 11.9. The van der Waals surface area contributed by atoms with Crippen LogP contribution in [0.1, 0.15) is 32.6 Å². The summed E-state index contributed by atoms with van der Waals surface area (Å²) in [4.78, 5) is 2.30. The molecule has 1 aliphatic carbocycles. The molecule has 1 atom stereocenters. The van der Waals surface area contributed by atoms with Crippen molar-refractivity contribution in [1.29, 1.82) is 0 Å². The maximum atomic E-state index is 6.18. The van der Waals surface area contributed by atoms with E-state index in [4.69, 9.17) is 15.2 Å². The number of likely N-dealkylation sites (N-methyl/N-ethyl adjacent to an activating group) is 1. The Hall–Kier alpha value is -0.160. The Morgan fingerprint density at radius 2 is 2.11 bits per heavy atom. The SMILES string of the molecule is CC1CCC(CN)(OCC2CN(C)CCO2)CC1. The third-order valence-corrected chi connectivity index (χ3v) is 4.47. The van der Waals surface area contributed by atoms with Gasteiger partial charge >= 0.3 is 0 Å². The molecule has 0 aromatic rings. The molecule has 106 valence electrons. The van der Waals surface area contributed by atoms with Gasteiger partial charge < -0.3 is 20.1 Å². The van der Waals surface area contributed by atoms with E-state index in [0.29, 0.717) is 13.2 Å². The van der Waals surface area contributed by atoms with Crippen LogP contribution in [0.5, 0.6) is 0 Å². The lowest BCUT2D eigenvalue weighted by Crippen LogP contribution is -2.48. The normalized spacial score (nSPS) is 38.8. The monoisotopic (exact) mass is 256 g/mol. The molecule has 18 heavy (non-hydrogen) atoms. The average Bonchev–Trinajstić information content (AvgIpc) is 2.39. The minimum atomic E-state index is -0.0775. The van der Waals surface area contributed by atoms with E-state index in [9.17, 15) is 0 Å². The molecule has 1 heterocycles. The third kappa shape index (κ3) is 3.67. The second-order valence-corrected chi connectivity index (χ2v) is 6.14. The fraction of sp³-hybridized carbons (Fsp3) is 1.00. The molecule has 0 aromatic carbocycles. The summed E-state index contributed by atoms with van der Waals surface area (Å²) in [6.45, 7) is 6.46. The highest BCUT2D eigenvalue weighted by Gasteiger charge is 2.34. The molecule has 0 radical (unpaired) electrons. The molecular weight excluding hydrogens is 228 g/mol. The molecule has 4 nitrogen and oxygen atoms in total. The second-order valence-electron chi connectivity index (χ2n) is 6.14. The maximum absolute atomic E-state index is 6.18. The van der Waals surface area contributed by atoms with Gasteiger partial charge in [-0.05, 0) is 38.6 Å². The van der Waals surface area contributed by atoms with Crippen molar-refractivity contribution in [1.82, 2.24) is 4.90 Å². The van der Waals surface area contributed by atoms with E-state index < -0.39 is 0 Å². The zero-order valence-corrected chi connectivity index (χ0v) is 11.9. The Morgan fingerprint density at radius 1 is 1.39 bits per heavy atom. The van der Waals surface area contributed by atoms with Gasteiger partial charge in [0.05, 0.1) is 24.9 Å². The number of hydrogen-bond acceptors (Lipinski definition) is 4. The van der Waals surface area contributed by atoms with Crippen LogP contribution in [-0.2, 0) is 9.47 Å². The number of rotatable bonds is 4. The van der Waals surface area contributed by atoms with Gasteiger partial charge in [-0.15, -0.1) is 0 Å². The summed E-state index contributed by atoms with van der Waals surface area (Å²) in [6.07, 6.45) is 4.90. The van der Waals surface area contributed by atoms with E-state index in [2.05, 4.69) is 18.9 Å². The van der Waals surface area contributed by atoms with Crippen molar-refractivity contribution in [3.05, 3.63) is 0 Å². The fourth-order valence-electron chi connectivity index (χ4n) is 2.93. The van der Waals surface area contributed by atoms with Gasteiger partial charge in [0.25, 0.3) is 0 Å². The van der Waals surface area contributed by atoms with Gasteiger partial charge in [-0.25, -0.2) is 0 Å². The zero-order chi connectivity index (χ0) is 13.0. The second kappa shape index (κ2) is 6.33. The van der Waals surface area contributed by atoms with E-state index >= 15 is 0 Å². The largest absolute Gasteiger partial charge is 0.373 e. The molecule has 2 rings (SSSR count). The highest BCUT2D eigenvalue weighted by Crippen LogP contribution is 2.34. The molecule has 2 fully saturated rings. The van der Waals surface area contributed by atoms with E-state index in [1.165, 1.54) is 12.8 Å². The number of nitrogens with zero attached hydrogens (tertiary/aromatic N) is 1. The summed E-state index contributed by atoms with van der Waals surface area (Å²) in [7, 11) is 2.14. The maximum Gasteiger partial charge on any atom is 0.0935 e. The number of nitrogens with two attached hydrogens (primary N) is 1. The number of hydrogen-bond donors (Lipinski definition) is 1. The van der Waals surface area contributed by atoms with E-state index in [-0.39, 0.29) is 11.7 Å². The summed E-state index contributed by atoms with van der Waals surface area (Å²) in [5.74, 6) is 0.824. The van der Waals surface area contributed by atoms with Crippen molar-refractivity contribution in [2.24, 2.45) is 11.7 Å². The first-order chi connectivity index (χ1) is 8.63. The first kappa shape index (κ1) is 14.3. The topological polar surface area (TPSA) is 47.7 Å². The first-order valence-electron chi connectivity index (χ1n) is 7.28. The van der Waals surface area contributed by atoms with Crippen molar-refractivity contribution >= 4 is 0 Å². The lowest BCUT2D eigenvalue weighted by atomic mass is 9.79. The standard InChI is InChI=1S/C14H28N2O2/c1-12-3-5-14(11-15,6-4-12)18-10-13-9-16(2)7-8-17-13/h12-13H,3-11,15H2,1-2H3. The van der Waals surface area contributed by atoms with Crippen LogP contribution < -0.4 is 5.73 Å². The first-order valence-corrected chi connectivity index (χ1v) is 7.28. The smallest absolute Gasteiger partial charge is 0.0935 e. The summed E-state index contributed by atoms with van der Waals surface area (Å²) >= 11 is 0. The molecule has 2 aliphatic rings. The third-order valence-electron chi connectivity index (χ3n) is 4.47. The lowest BCUT2D eigenvalue weighted by molar-refractivity contribution is -0.127. The molecule has 0 bridgehead atoms. The predicted octanol–water partition coefficient (Wildman–Crippen LogP) is 1.24.